The van der Waals surface area contributed by atoms with Crippen LogP contribution in [0.2, 0.25) is 0 Å². The summed E-state index contributed by atoms with van der Waals surface area (Å²) in [6, 6.07) is 44.1. The molecule has 0 N–H and O–H groups in total. The van der Waals surface area contributed by atoms with Crippen molar-refractivity contribution in [3.8, 4) is 0 Å². The van der Waals surface area contributed by atoms with Gasteiger partial charge in [-0.05, 0) is 68.1 Å². The summed E-state index contributed by atoms with van der Waals surface area (Å²) >= 11 is 3.78. The van der Waals surface area contributed by atoms with E-state index >= 15 is 0 Å². The van der Waals surface area contributed by atoms with Crippen molar-refractivity contribution in [2.24, 2.45) is 0 Å². The molecule has 5 aromatic carbocycles. The van der Waals surface area contributed by atoms with Gasteiger partial charge in [0.25, 0.3) is 0 Å². The monoisotopic (exact) mass is 468 g/mol. The van der Waals surface area contributed by atoms with Crippen molar-refractivity contribution in [1.29, 1.82) is 0 Å². The fourth-order valence-electron chi connectivity index (χ4n) is 5.00. The number of hydrogen-bond acceptors (Lipinski definition) is 2. The summed E-state index contributed by atoms with van der Waals surface area (Å²) in [5, 5.41) is 2.65. The molecule has 0 amide bonds. The van der Waals surface area contributed by atoms with E-state index < -0.39 is 0 Å². The third kappa shape index (κ3) is 3.18. The molecule has 160 valence electrons. The van der Waals surface area contributed by atoms with E-state index in [-0.39, 0.29) is 0 Å². The largest absolute Gasteiger partial charge is 0.0888 e. The number of rotatable bonds is 2. The van der Waals surface area contributed by atoms with Crippen LogP contribution in [0.1, 0.15) is 22.3 Å². The van der Waals surface area contributed by atoms with E-state index in [4.69, 9.17) is 0 Å². The van der Waals surface area contributed by atoms with Gasteiger partial charge in [-0.15, -0.1) is 0 Å². The van der Waals surface area contributed by atoms with Gasteiger partial charge >= 0.3 is 0 Å². The van der Waals surface area contributed by atoms with Crippen molar-refractivity contribution >= 4 is 34.7 Å². The molecule has 0 aromatic heterocycles. The Morgan fingerprint density at radius 3 is 1.18 bits per heavy atom. The average Bonchev–Trinajstić information content (AvgIpc) is 2.90. The molecule has 0 saturated heterocycles. The van der Waals surface area contributed by atoms with Gasteiger partial charge in [0, 0.05) is 19.6 Å². The van der Waals surface area contributed by atoms with Crippen LogP contribution in [0.3, 0.4) is 0 Å². The van der Waals surface area contributed by atoms with E-state index in [1.54, 1.807) is 0 Å². The molecule has 0 aliphatic carbocycles. The Morgan fingerprint density at radius 1 is 0.353 bits per heavy atom. The maximum atomic E-state index is 2.43. The van der Waals surface area contributed by atoms with Crippen LogP contribution in [0.5, 0.6) is 0 Å². The lowest BCUT2D eigenvalue weighted by Gasteiger charge is -2.24. The van der Waals surface area contributed by atoms with E-state index in [0.717, 1.165) is 0 Å². The zero-order chi connectivity index (χ0) is 22.5. The van der Waals surface area contributed by atoms with Crippen LogP contribution < -0.4 is 10.4 Å². The van der Waals surface area contributed by atoms with Crippen molar-refractivity contribution < 1.29 is 0 Å². The van der Waals surface area contributed by atoms with Crippen LogP contribution in [0.15, 0.2) is 141 Å². The minimum Gasteiger partial charge on any atom is -0.0888 e. The summed E-state index contributed by atoms with van der Waals surface area (Å²) in [6.45, 7) is 0. The molecule has 0 radical (unpaired) electrons. The van der Waals surface area contributed by atoms with E-state index in [1.807, 2.05) is 23.5 Å². The van der Waals surface area contributed by atoms with Gasteiger partial charge in [-0.1, -0.05) is 121 Å². The maximum absolute atomic E-state index is 2.43. The highest BCUT2D eigenvalue weighted by atomic mass is 32.2. The van der Waals surface area contributed by atoms with Crippen molar-refractivity contribution in [1.82, 2.24) is 0 Å². The minimum atomic E-state index is 1.27. The van der Waals surface area contributed by atoms with Gasteiger partial charge in [-0.25, -0.2) is 0 Å². The van der Waals surface area contributed by atoms with Crippen molar-refractivity contribution in [2.45, 2.75) is 19.6 Å². The third-order valence-corrected chi connectivity index (χ3v) is 8.77. The highest BCUT2D eigenvalue weighted by molar-refractivity contribution is 8.00. The number of hydrogen-bond donors (Lipinski definition) is 0. The van der Waals surface area contributed by atoms with Crippen LogP contribution in [0.25, 0.3) is 11.1 Å². The standard InChI is InChI=1S/C32H20S2/c1-3-11-21(12-4-1)31-23-15-7-9-17-27(23)33-29-20-26-30(19-25(29)31)34-28-18-10-8-16-24(28)32(26)22-13-5-2-6-14-22/h1-20H. The Morgan fingerprint density at radius 2 is 0.735 bits per heavy atom. The van der Waals surface area contributed by atoms with Crippen LogP contribution in [-0.4, -0.2) is 0 Å². The lowest BCUT2D eigenvalue weighted by Crippen LogP contribution is -2.24. The molecule has 2 aliphatic rings. The summed E-state index contributed by atoms with van der Waals surface area (Å²) in [6.07, 6.45) is 0. The molecular weight excluding hydrogens is 448 g/mol. The van der Waals surface area contributed by atoms with Gasteiger partial charge in [0.2, 0.25) is 0 Å². The molecule has 34 heavy (non-hydrogen) atoms. The van der Waals surface area contributed by atoms with Crippen molar-refractivity contribution in [3.05, 3.63) is 154 Å². The topological polar surface area (TPSA) is 0 Å². The van der Waals surface area contributed by atoms with Crippen LogP contribution in [-0.2, 0) is 0 Å². The van der Waals surface area contributed by atoms with Gasteiger partial charge in [-0.2, -0.15) is 0 Å². The number of benzene rings is 5. The smallest absolute Gasteiger partial charge is 0.0208 e. The molecular formula is C32H20S2. The Labute approximate surface area is 207 Å². The van der Waals surface area contributed by atoms with E-state index in [2.05, 4.69) is 121 Å². The summed E-state index contributed by atoms with van der Waals surface area (Å²) in [7, 11) is 0. The molecule has 2 heteroatoms. The Kier molecular flexibility index (Phi) is 4.75. The predicted molar refractivity (Wildman–Crippen MR) is 143 cm³/mol. The molecule has 0 spiro atoms. The SMILES string of the molecule is c1ccc(C2=c3cc4c(cc3Sc3ccccc32)=C(c2ccccc2)c2ccccc2S4)cc1. The third-order valence-electron chi connectivity index (χ3n) is 6.50. The quantitative estimate of drug-likeness (QED) is 0.265. The second-order valence-corrected chi connectivity index (χ2v) is 10.7. The highest BCUT2D eigenvalue weighted by Crippen LogP contribution is 2.41. The fourth-order valence-corrected chi connectivity index (χ4v) is 7.23. The zero-order valence-electron chi connectivity index (χ0n) is 18.4. The van der Waals surface area contributed by atoms with Gasteiger partial charge in [0.1, 0.15) is 0 Å². The highest BCUT2D eigenvalue weighted by Gasteiger charge is 2.23. The second-order valence-electron chi connectivity index (χ2n) is 8.52. The zero-order valence-corrected chi connectivity index (χ0v) is 20.0. The van der Waals surface area contributed by atoms with E-state index in [0.29, 0.717) is 0 Å². The van der Waals surface area contributed by atoms with Crippen molar-refractivity contribution in [2.75, 3.05) is 0 Å². The molecule has 2 aliphatic heterocycles. The van der Waals surface area contributed by atoms with Crippen molar-refractivity contribution in [3.63, 3.8) is 0 Å². The lowest BCUT2D eigenvalue weighted by atomic mass is 9.92. The molecule has 0 nitrogen and oxygen atoms in total. The Balaban J connectivity index is 1.62. The van der Waals surface area contributed by atoms with E-state index in [9.17, 15) is 0 Å². The molecule has 0 unspecified atom stereocenters. The molecule has 0 fully saturated rings. The summed E-state index contributed by atoms with van der Waals surface area (Å²) < 4.78 is 0. The van der Waals surface area contributed by atoms with Crippen LogP contribution in [0.4, 0.5) is 0 Å². The summed E-state index contributed by atoms with van der Waals surface area (Å²) in [5.41, 5.74) is 7.83. The van der Waals surface area contributed by atoms with Gasteiger partial charge in [0.05, 0.1) is 0 Å². The summed E-state index contributed by atoms with van der Waals surface area (Å²) in [5.74, 6) is 0. The molecule has 5 aromatic rings. The fraction of sp³-hybridized carbons (Fsp3) is 0. The maximum Gasteiger partial charge on any atom is 0.0208 e. The van der Waals surface area contributed by atoms with Crippen LogP contribution >= 0.6 is 23.5 Å². The normalized spacial score (nSPS) is 13.5. The van der Waals surface area contributed by atoms with Gasteiger partial charge in [0.15, 0.2) is 0 Å². The predicted octanol–water partition coefficient (Wildman–Crippen LogP) is 7.11. The van der Waals surface area contributed by atoms with E-state index in [1.165, 1.54) is 63.4 Å². The van der Waals surface area contributed by atoms with Gasteiger partial charge < -0.3 is 0 Å². The first kappa shape index (κ1) is 20.0. The lowest BCUT2D eigenvalue weighted by molar-refractivity contribution is 1.17. The molecule has 0 bridgehead atoms. The molecule has 0 atom stereocenters. The first-order valence-electron chi connectivity index (χ1n) is 11.4. The average molecular weight is 469 g/mol. The Hall–Kier alpha value is -3.46. The van der Waals surface area contributed by atoms with Gasteiger partial charge in [-0.3, -0.25) is 0 Å². The number of fused-ring (bicyclic) bond motifs is 4. The van der Waals surface area contributed by atoms with Crippen LogP contribution in [0, 0.1) is 0 Å². The molecule has 0 saturated carbocycles. The molecule has 2 heterocycles. The molecule has 7 rings (SSSR count). The summed E-state index contributed by atoms with van der Waals surface area (Å²) in [4.78, 5) is 5.28. The first-order chi connectivity index (χ1) is 16.9. The first-order valence-corrected chi connectivity index (χ1v) is 13.1. The second kappa shape index (κ2) is 8.09. The minimum absolute atomic E-state index is 1.27. The Bertz CT molecular complexity index is 1550.